The van der Waals surface area contributed by atoms with Crippen LogP contribution in [-0.4, -0.2) is 37.8 Å². The van der Waals surface area contributed by atoms with Crippen molar-refractivity contribution >= 4 is 28.6 Å². The van der Waals surface area contributed by atoms with Crippen LogP contribution in [0.25, 0.3) is 22.3 Å². The summed E-state index contributed by atoms with van der Waals surface area (Å²) in [4.78, 5) is 13.5. The number of aliphatic hydroxyl groups is 1. The number of hydrogen-bond donors (Lipinski definition) is 2. The molecule has 0 unspecified atom stereocenters. The third kappa shape index (κ3) is 4.25. The molecule has 30 heavy (non-hydrogen) atoms. The highest BCUT2D eigenvalue weighted by Gasteiger charge is 2.23. The molecule has 0 amide bonds. The molecule has 1 fully saturated rings. The smallest absolute Gasteiger partial charge is 0.204 e. The van der Waals surface area contributed by atoms with Crippen LogP contribution < -0.4 is 5.32 Å². The summed E-state index contributed by atoms with van der Waals surface area (Å²) in [5.41, 5.74) is 3.24. The van der Waals surface area contributed by atoms with E-state index in [9.17, 15) is 10.4 Å². The van der Waals surface area contributed by atoms with Crippen molar-refractivity contribution in [2.45, 2.75) is 39.2 Å². The summed E-state index contributed by atoms with van der Waals surface area (Å²) >= 11 is 6.18. The summed E-state index contributed by atoms with van der Waals surface area (Å²) in [7, 11) is 0. The van der Waals surface area contributed by atoms with Crippen LogP contribution in [-0.2, 0) is 6.54 Å². The lowest BCUT2D eigenvalue weighted by Gasteiger charge is -2.27. The molecule has 4 rings (SSSR count). The maximum atomic E-state index is 9.49. The predicted molar refractivity (Wildman–Crippen MR) is 117 cm³/mol. The average Bonchev–Trinajstić information content (AvgIpc) is 3.10. The fourth-order valence-corrected chi connectivity index (χ4v) is 4.38. The van der Waals surface area contributed by atoms with Crippen molar-refractivity contribution < 1.29 is 5.11 Å². The second-order valence-electron chi connectivity index (χ2n) is 8.05. The number of aromatic nitrogens is 4. The minimum absolute atomic E-state index is 0.0108. The number of rotatable bonds is 6. The summed E-state index contributed by atoms with van der Waals surface area (Å²) < 4.78 is 2.15. The number of anilines is 1. The number of imidazole rings is 1. The molecule has 2 N–H and O–H groups in total. The molecule has 0 spiro atoms. The van der Waals surface area contributed by atoms with E-state index < -0.39 is 0 Å². The van der Waals surface area contributed by atoms with Crippen LogP contribution in [0.1, 0.15) is 38.3 Å². The first-order chi connectivity index (χ1) is 14.6. The Morgan fingerprint density at radius 1 is 1.23 bits per heavy atom. The number of nitriles is 1. The monoisotopic (exact) mass is 424 g/mol. The van der Waals surface area contributed by atoms with Gasteiger partial charge in [0.05, 0.1) is 28.4 Å². The Kier molecular flexibility index (Phi) is 6.16. The first kappa shape index (κ1) is 20.6. The number of pyridine rings is 2. The molecule has 0 aliphatic heterocycles. The normalized spacial score (nSPS) is 19.0. The fraction of sp³-hybridized carbons (Fsp3) is 0.455. The number of hydrogen-bond acceptors (Lipinski definition) is 6. The van der Waals surface area contributed by atoms with E-state index in [1.807, 2.05) is 0 Å². The average molecular weight is 425 g/mol. The Labute approximate surface area is 180 Å². The molecule has 1 aliphatic carbocycles. The summed E-state index contributed by atoms with van der Waals surface area (Å²) in [5.74, 6) is 2.01. The molecule has 7 nitrogen and oxygen atoms in total. The maximum absolute atomic E-state index is 9.49. The van der Waals surface area contributed by atoms with E-state index in [-0.39, 0.29) is 6.61 Å². The Morgan fingerprint density at radius 3 is 2.73 bits per heavy atom. The van der Waals surface area contributed by atoms with Crippen molar-refractivity contribution in [3.63, 3.8) is 0 Å². The van der Waals surface area contributed by atoms with Crippen LogP contribution in [0.3, 0.4) is 0 Å². The van der Waals surface area contributed by atoms with Crippen molar-refractivity contribution in [1.29, 1.82) is 5.26 Å². The molecule has 8 heteroatoms. The number of nitrogens with zero attached hydrogens (tertiary/aromatic N) is 5. The van der Waals surface area contributed by atoms with Gasteiger partial charge in [0.2, 0.25) is 5.95 Å². The van der Waals surface area contributed by atoms with E-state index in [1.54, 1.807) is 24.5 Å². The van der Waals surface area contributed by atoms with Crippen molar-refractivity contribution in [2.24, 2.45) is 11.8 Å². The van der Waals surface area contributed by atoms with Gasteiger partial charge in [-0.15, -0.1) is 0 Å². The minimum atomic E-state index is 0.0108. The van der Waals surface area contributed by atoms with Gasteiger partial charge in [0.15, 0.2) is 0 Å². The molecule has 0 saturated heterocycles. The lowest BCUT2D eigenvalue weighted by molar-refractivity contribution is 0.267. The van der Waals surface area contributed by atoms with Crippen LogP contribution >= 0.6 is 11.6 Å². The molecule has 3 heterocycles. The molecule has 0 radical (unpaired) electrons. The van der Waals surface area contributed by atoms with Crippen LogP contribution in [0, 0.1) is 23.2 Å². The van der Waals surface area contributed by atoms with Gasteiger partial charge in [0.1, 0.15) is 11.8 Å². The van der Waals surface area contributed by atoms with Crippen LogP contribution in [0.15, 0.2) is 24.5 Å². The Bertz CT molecular complexity index is 1080. The maximum Gasteiger partial charge on any atom is 0.204 e. The van der Waals surface area contributed by atoms with E-state index in [0.29, 0.717) is 40.3 Å². The Morgan fingerprint density at radius 2 is 2.03 bits per heavy atom. The SMILES string of the molecule is CC1CCC(Cn2c(NCCO)nc3cc(C#N)nc(-c4cncc(Cl)c4)c32)CC1. The molecule has 0 aromatic carbocycles. The Hall–Kier alpha value is -2.69. The van der Waals surface area contributed by atoms with Gasteiger partial charge in [0.25, 0.3) is 0 Å². The van der Waals surface area contributed by atoms with Gasteiger partial charge in [-0.1, -0.05) is 31.4 Å². The lowest BCUT2D eigenvalue weighted by Crippen LogP contribution is -2.20. The van der Waals surface area contributed by atoms with Crippen LogP contribution in [0.5, 0.6) is 0 Å². The number of halogens is 1. The molecular formula is C22H25ClN6O. The molecule has 0 atom stereocenters. The molecule has 1 aliphatic rings. The molecular weight excluding hydrogens is 400 g/mol. The van der Waals surface area contributed by atoms with E-state index in [1.165, 1.54) is 25.7 Å². The third-order valence-electron chi connectivity index (χ3n) is 5.79. The highest BCUT2D eigenvalue weighted by Crippen LogP contribution is 2.35. The summed E-state index contributed by atoms with van der Waals surface area (Å²) in [6.45, 7) is 3.54. The highest BCUT2D eigenvalue weighted by molar-refractivity contribution is 6.30. The predicted octanol–water partition coefficient (Wildman–Crippen LogP) is 4.25. The largest absolute Gasteiger partial charge is 0.395 e. The van der Waals surface area contributed by atoms with Gasteiger partial charge in [-0.2, -0.15) is 5.26 Å². The van der Waals surface area contributed by atoms with E-state index in [0.717, 1.165) is 23.5 Å². The molecule has 3 aromatic heterocycles. The number of fused-ring (bicyclic) bond motifs is 1. The molecule has 3 aromatic rings. The number of nitrogens with one attached hydrogen (secondary N) is 1. The number of aliphatic hydroxyl groups excluding tert-OH is 1. The van der Waals surface area contributed by atoms with E-state index in [4.69, 9.17) is 16.6 Å². The molecule has 1 saturated carbocycles. The van der Waals surface area contributed by atoms with Crippen molar-refractivity contribution in [3.05, 3.63) is 35.2 Å². The van der Waals surface area contributed by atoms with Gasteiger partial charge in [-0.25, -0.2) is 9.97 Å². The zero-order valence-electron chi connectivity index (χ0n) is 17.0. The van der Waals surface area contributed by atoms with Gasteiger partial charge >= 0.3 is 0 Å². The first-order valence-corrected chi connectivity index (χ1v) is 10.7. The van der Waals surface area contributed by atoms with E-state index in [2.05, 4.69) is 32.8 Å². The zero-order chi connectivity index (χ0) is 21.1. The highest BCUT2D eigenvalue weighted by atomic mass is 35.5. The van der Waals surface area contributed by atoms with Crippen LogP contribution in [0.2, 0.25) is 5.02 Å². The topological polar surface area (TPSA) is 99.7 Å². The second-order valence-corrected chi connectivity index (χ2v) is 8.49. The summed E-state index contributed by atoms with van der Waals surface area (Å²) in [5, 5.41) is 22.5. The zero-order valence-corrected chi connectivity index (χ0v) is 17.7. The van der Waals surface area contributed by atoms with Gasteiger partial charge in [-0.05, 0) is 30.7 Å². The van der Waals surface area contributed by atoms with E-state index >= 15 is 0 Å². The molecule has 0 bridgehead atoms. The van der Waals surface area contributed by atoms with Crippen LogP contribution in [0.4, 0.5) is 5.95 Å². The quantitative estimate of drug-likeness (QED) is 0.613. The van der Waals surface area contributed by atoms with Crippen molar-refractivity contribution in [3.8, 4) is 17.3 Å². The Balaban J connectivity index is 1.86. The second kappa shape index (κ2) is 8.99. The minimum Gasteiger partial charge on any atom is -0.395 e. The summed E-state index contributed by atoms with van der Waals surface area (Å²) in [6.07, 6.45) is 8.10. The lowest BCUT2D eigenvalue weighted by atomic mass is 9.83. The van der Waals surface area contributed by atoms with Crippen molar-refractivity contribution in [1.82, 2.24) is 19.5 Å². The van der Waals surface area contributed by atoms with Gasteiger partial charge in [-0.3, -0.25) is 4.98 Å². The van der Waals surface area contributed by atoms with Gasteiger partial charge < -0.3 is 15.0 Å². The van der Waals surface area contributed by atoms with Gasteiger partial charge in [0, 0.05) is 37.1 Å². The molecule has 156 valence electrons. The first-order valence-electron chi connectivity index (χ1n) is 10.4. The third-order valence-corrected chi connectivity index (χ3v) is 6.00. The fourth-order valence-electron chi connectivity index (χ4n) is 4.21. The standard InChI is InChI=1S/C22H25ClN6O/c1-14-2-4-15(5-3-14)13-29-21-19(28-22(29)26-6-7-30)9-18(10-24)27-20(21)16-8-17(23)12-25-11-16/h8-9,11-12,14-15,30H,2-7,13H2,1H3,(H,26,28). The summed E-state index contributed by atoms with van der Waals surface area (Å²) in [6, 6.07) is 5.64. The van der Waals surface area contributed by atoms with Crippen molar-refractivity contribution in [2.75, 3.05) is 18.5 Å².